The van der Waals surface area contributed by atoms with Crippen LogP contribution in [-0.4, -0.2) is 42.8 Å². The van der Waals surface area contributed by atoms with E-state index in [1.165, 1.54) is 31.4 Å². The number of hydrogen-bond donors (Lipinski definition) is 0. The van der Waals surface area contributed by atoms with Gasteiger partial charge in [0.05, 0.1) is 19.8 Å². The molecule has 1 aromatic rings. The van der Waals surface area contributed by atoms with Crippen LogP contribution in [0.2, 0.25) is 0 Å². The van der Waals surface area contributed by atoms with E-state index in [2.05, 4.69) is 35.2 Å². The molecule has 1 aromatic carbocycles. The minimum absolute atomic E-state index is 0.308. The monoisotopic (exact) mass is 305 g/mol. The fourth-order valence-corrected chi connectivity index (χ4v) is 5.07. The van der Waals surface area contributed by atoms with Gasteiger partial charge in [-0.3, -0.25) is 4.90 Å². The summed E-state index contributed by atoms with van der Waals surface area (Å²) in [4.78, 5) is 2.70. The van der Waals surface area contributed by atoms with E-state index in [1.807, 2.05) is 0 Å². The molecule has 3 nitrogen and oxygen atoms in total. The third kappa shape index (κ3) is 2.63. The molecule has 3 fully saturated rings. The van der Waals surface area contributed by atoms with Gasteiger partial charge in [-0.15, -0.1) is 0 Å². The molecular formula is C17H23NO2S. The van der Waals surface area contributed by atoms with Crippen LogP contribution in [-0.2, 0) is 14.7 Å². The zero-order valence-electron chi connectivity index (χ0n) is 12.4. The molecule has 0 N–H and O–H groups in total. The van der Waals surface area contributed by atoms with Crippen LogP contribution in [0.4, 0.5) is 0 Å². The van der Waals surface area contributed by atoms with Gasteiger partial charge in [0.1, 0.15) is 0 Å². The molecule has 21 heavy (non-hydrogen) atoms. The summed E-state index contributed by atoms with van der Waals surface area (Å²) in [6.45, 7) is 4.00. The fraction of sp³-hybridized carbons (Fsp3) is 0.647. The van der Waals surface area contributed by atoms with Gasteiger partial charge in [0.25, 0.3) is 0 Å². The third-order valence-corrected chi connectivity index (χ3v) is 6.07. The zero-order valence-corrected chi connectivity index (χ0v) is 13.2. The van der Waals surface area contributed by atoms with E-state index in [9.17, 15) is 0 Å². The van der Waals surface area contributed by atoms with Crippen molar-refractivity contribution in [2.24, 2.45) is 5.92 Å². The van der Waals surface area contributed by atoms with E-state index < -0.39 is 0 Å². The predicted molar refractivity (Wildman–Crippen MR) is 85.1 cm³/mol. The first kappa shape index (κ1) is 14.1. The highest BCUT2D eigenvalue weighted by molar-refractivity contribution is 7.93. The molecule has 3 aliphatic heterocycles. The second-order valence-electron chi connectivity index (χ2n) is 6.60. The fourth-order valence-electron chi connectivity index (χ4n) is 4.36. The van der Waals surface area contributed by atoms with Gasteiger partial charge in [-0.1, -0.05) is 30.3 Å². The molecule has 0 amide bonds. The Hall–Kier alpha value is -0.550. The highest BCUT2D eigenvalue weighted by Gasteiger charge is 2.55. The second kappa shape index (κ2) is 5.92. The largest absolute Gasteiger partial charge is 0.379 e. The van der Waals surface area contributed by atoms with E-state index >= 15 is 0 Å². The van der Waals surface area contributed by atoms with E-state index in [0.717, 1.165) is 31.5 Å². The number of rotatable bonds is 5. The van der Waals surface area contributed by atoms with Crippen molar-refractivity contribution in [2.75, 3.05) is 26.4 Å². The van der Waals surface area contributed by atoms with Crippen molar-refractivity contribution in [3.8, 4) is 0 Å². The second-order valence-corrected chi connectivity index (χ2v) is 7.36. The molecule has 3 aliphatic rings. The van der Waals surface area contributed by atoms with Crippen molar-refractivity contribution in [1.29, 1.82) is 0 Å². The summed E-state index contributed by atoms with van der Waals surface area (Å²) in [6.07, 6.45) is 3.88. The van der Waals surface area contributed by atoms with Gasteiger partial charge in [0.15, 0.2) is 0 Å². The maximum Gasteiger partial charge on any atom is 0.0798 e. The Morgan fingerprint density at radius 2 is 2.19 bits per heavy atom. The van der Waals surface area contributed by atoms with Crippen molar-refractivity contribution < 1.29 is 8.92 Å². The lowest BCUT2D eigenvalue weighted by molar-refractivity contribution is 0.0673. The molecule has 0 aromatic heterocycles. The molecule has 3 heterocycles. The van der Waals surface area contributed by atoms with Gasteiger partial charge >= 0.3 is 0 Å². The molecule has 114 valence electrons. The summed E-state index contributed by atoms with van der Waals surface area (Å²) in [5.41, 5.74) is 1.64. The normalized spacial score (nSPS) is 35.0. The minimum Gasteiger partial charge on any atom is -0.379 e. The molecule has 3 unspecified atom stereocenters. The van der Waals surface area contributed by atoms with Crippen LogP contribution < -0.4 is 0 Å². The molecule has 3 saturated heterocycles. The Bertz CT molecular complexity index is 483. The van der Waals surface area contributed by atoms with Gasteiger partial charge in [0, 0.05) is 23.3 Å². The Kier molecular flexibility index (Phi) is 3.96. The summed E-state index contributed by atoms with van der Waals surface area (Å²) in [5, 5.41) is 0. The first-order valence-electron chi connectivity index (χ1n) is 8.00. The van der Waals surface area contributed by atoms with E-state index in [0.29, 0.717) is 11.6 Å². The number of benzene rings is 1. The molecule has 3 atom stereocenters. The van der Waals surface area contributed by atoms with Crippen molar-refractivity contribution in [3.05, 3.63) is 35.9 Å². The summed E-state index contributed by atoms with van der Waals surface area (Å²) >= 11 is 1.61. The summed E-state index contributed by atoms with van der Waals surface area (Å²) < 4.78 is 11.7. The first-order chi connectivity index (χ1) is 10.4. The Morgan fingerprint density at radius 1 is 1.29 bits per heavy atom. The average Bonchev–Trinajstić information content (AvgIpc) is 3.16. The van der Waals surface area contributed by atoms with Crippen molar-refractivity contribution in [2.45, 2.75) is 36.6 Å². The number of fused-ring (bicyclic) bond motifs is 3. The Balaban J connectivity index is 1.32. The van der Waals surface area contributed by atoms with Crippen LogP contribution >= 0.6 is 12.0 Å². The maximum absolute atomic E-state index is 6.03. The zero-order chi connectivity index (χ0) is 14.1. The van der Waals surface area contributed by atoms with Gasteiger partial charge < -0.3 is 8.92 Å². The lowest BCUT2D eigenvalue weighted by Gasteiger charge is -2.34. The molecule has 0 spiro atoms. The summed E-state index contributed by atoms with van der Waals surface area (Å²) in [5.74, 6) is 1.68. The summed E-state index contributed by atoms with van der Waals surface area (Å²) in [7, 11) is 0. The standard InChI is InChI=1S/C17H23NO2S/c1-2-5-14(6-3-1)12-21-20-13-17-7-4-8-18(17)16-11-19-10-15(16)9-17/h1-3,5-6,15-16H,4,7-13H2. The maximum atomic E-state index is 6.03. The summed E-state index contributed by atoms with van der Waals surface area (Å²) in [6, 6.07) is 11.2. The minimum atomic E-state index is 0.308. The molecule has 0 radical (unpaired) electrons. The van der Waals surface area contributed by atoms with Crippen LogP contribution in [0.25, 0.3) is 0 Å². The average molecular weight is 305 g/mol. The van der Waals surface area contributed by atoms with Crippen LogP contribution in [0.1, 0.15) is 24.8 Å². The molecular weight excluding hydrogens is 282 g/mol. The van der Waals surface area contributed by atoms with Crippen LogP contribution in [0.15, 0.2) is 30.3 Å². The lowest BCUT2D eigenvalue weighted by Crippen LogP contribution is -2.46. The van der Waals surface area contributed by atoms with Crippen molar-refractivity contribution >= 4 is 12.0 Å². The van der Waals surface area contributed by atoms with Gasteiger partial charge in [-0.05, 0) is 43.4 Å². The van der Waals surface area contributed by atoms with Gasteiger partial charge in [0.2, 0.25) is 0 Å². The Morgan fingerprint density at radius 3 is 3.10 bits per heavy atom. The molecule has 0 aliphatic carbocycles. The number of hydrogen-bond acceptors (Lipinski definition) is 4. The smallest absolute Gasteiger partial charge is 0.0798 e. The van der Waals surface area contributed by atoms with Crippen LogP contribution in [0, 0.1) is 5.92 Å². The Labute approximate surface area is 131 Å². The van der Waals surface area contributed by atoms with Crippen LogP contribution in [0.3, 0.4) is 0 Å². The van der Waals surface area contributed by atoms with Gasteiger partial charge in [-0.2, -0.15) is 0 Å². The van der Waals surface area contributed by atoms with E-state index in [4.69, 9.17) is 8.92 Å². The molecule has 0 saturated carbocycles. The SMILES string of the molecule is c1ccc(CSOCC23CCCN2C2COCC2C3)cc1. The predicted octanol–water partition coefficient (Wildman–Crippen LogP) is 3.10. The lowest BCUT2D eigenvalue weighted by atomic mass is 9.90. The quantitative estimate of drug-likeness (QED) is 0.615. The first-order valence-corrected chi connectivity index (χ1v) is 8.91. The third-order valence-electron chi connectivity index (χ3n) is 5.34. The highest BCUT2D eigenvalue weighted by Crippen LogP contribution is 2.48. The van der Waals surface area contributed by atoms with Crippen LogP contribution in [0.5, 0.6) is 0 Å². The topological polar surface area (TPSA) is 21.7 Å². The van der Waals surface area contributed by atoms with Gasteiger partial charge in [-0.25, -0.2) is 0 Å². The molecule has 4 heteroatoms. The molecule has 0 bridgehead atoms. The highest BCUT2D eigenvalue weighted by atomic mass is 32.2. The molecule has 4 rings (SSSR count). The van der Waals surface area contributed by atoms with E-state index in [-0.39, 0.29) is 0 Å². The number of nitrogens with zero attached hydrogens (tertiary/aromatic N) is 1. The van der Waals surface area contributed by atoms with E-state index in [1.54, 1.807) is 12.0 Å². The number of ether oxygens (including phenoxy) is 1. The van der Waals surface area contributed by atoms with Crippen molar-refractivity contribution in [3.63, 3.8) is 0 Å². The van der Waals surface area contributed by atoms with Crippen molar-refractivity contribution in [1.82, 2.24) is 4.90 Å².